The van der Waals surface area contributed by atoms with Crippen LogP contribution in [0.15, 0.2) is 42.5 Å². The van der Waals surface area contributed by atoms with Crippen molar-refractivity contribution in [3.05, 3.63) is 58.6 Å². The summed E-state index contributed by atoms with van der Waals surface area (Å²) in [5, 5.41) is 6.29. The Balaban J connectivity index is 1.60. The Morgan fingerprint density at radius 3 is 2.61 bits per heavy atom. The van der Waals surface area contributed by atoms with Crippen LogP contribution in [-0.2, 0) is 9.59 Å². The van der Waals surface area contributed by atoms with Crippen molar-refractivity contribution in [3.63, 3.8) is 0 Å². The molecule has 0 radical (unpaired) electrons. The number of hydrogen-bond acceptors (Lipinski definition) is 4. The van der Waals surface area contributed by atoms with E-state index < -0.39 is 11.9 Å². The van der Waals surface area contributed by atoms with Crippen molar-refractivity contribution in [2.75, 3.05) is 12.4 Å². The van der Waals surface area contributed by atoms with Gasteiger partial charge >= 0.3 is 0 Å². The fourth-order valence-corrected chi connectivity index (χ4v) is 4.90. The molecule has 1 heterocycles. The van der Waals surface area contributed by atoms with Crippen LogP contribution in [0.2, 0.25) is 5.02 Å². The number of benzene rings is 2. The number of anilines is 1. The number of amides is 3. The average Bonchev–Trinajstić information content (AvgIpc) is 2.80. The zero-order valence-electron chi connectivity index (χ0n) is 18.8. The molecule has 4 rings (SSSR count). The molecule has 2 N–H and O–H groups in total. The molecule has 8 heteroatoms. The second kappa shape index (κ2) is 9.83. The summed E-state index contributed by atoms with van der Waals surface area (Å²) in [6, 6.07) is 11.1. The molecule has 1 saturated heterocycles. The van der Waals surface area contributed by atoms with Crippen molar-refractivity contribution in [2.45, 2.75) is 57.2 Å². The van der Waals surface area contributed by atoms with Gasteiger partial charge in [-0.3, -0.25) is 14.4 Å². The third-order valence-electron chi connectivity index (χ3n) is 6.40. The molecular formula is C25H28ClN3O4. The van der Waals surface area contributed by atoms with Gasteiger partial charge in [0.15, 0.2) is 0 Å². The third kappa shape index (κ3) is 4.98. The van der Waals surface area contributed by atoms with Crippen LogP contribution in [0.1, 0.15) is 48.0 Å². The number of halogens is 1. The number of aryl methyl sites for hydroxylation is 1. The minimum Gasteiger partial charge on any atom is -0.495 e. The molecule has 2 aliphatic rings. The maximum atomic E-state index is 13.6. The number of piperazine rings is 1. The van der Waals surface area contributed by atoms with Crippen molar-refractivity contribution in [1.82, 2.24) is 10.2 Å². The van der Waals surface area contributed by atoms with Gasteiger partial charge in [0.05, 0.1) is 25.3 Å². The van der Waals surface area contributed by atoms with Crippen molar-refractivity contribution in [3.8, 4) is 5.75 Å². The molecule has 3 atom stereocenters. The third-order valence-corrected chi connectivity index (χ3v) is 6.64. The fourth-order valence-electron chi connectivity index (χ4n) is 4.73. The van der Waals surface area contributed by atoms with Gasteiger partial charge in [0.25, 0.3) is 5.91 Å². The molecule has 1 aliphatic carbocycles. The quantitative estimate of drug-likeness (QED) is 0.694. The highest BCUT2D eigenvalue weighted by atomic mass is 35.5. The van der Waals surface area contributed by atoms with E-state index in [0.29, 0.717) is 22.0 Å². The summed E-state index contributed by atoms with van der Waals surface area (Å²) < 4.78 is 5.29. The van der Waals surface area contributed by atoms with Crippen molar-refractivity contribution >= 4 is 35.0 Å². The molecule has 0 aromatic heterocycles. The van der Waals surface area contributed by atoms with Gasteiger partial charge in [0.1, 0.15) is 11.8 Å². The lowest BCUT2D eigenvalue weighted by atomic mass is 9.84. The fraction of sp³-hybridized carbons (Fsp3) is 0.400. The SMILES string of the molecule is COc1ccc(Cl)cc1NC(=O)CC1C(=O)NC2CCCCC2N1C(=O)c1ccc(C)cc1. The Morgan fingerprint density at radius 1 is 1.15 bits per heavy atom. The Bertz CT molecular complexity index is 1060. The Hall–Kier alpha value is -3.06. The van der Waals surface area contributed by atoms with Gasteiger partial charge in [0, 0.05) is 16.6 Å². The van der Waals surface area contributed by atoms with E-state index in [1.54, 1.807) is 35.2 Å². The van der Waals surface area contributed by atoms with Crippen LogP contribution >= 0.6 is 11.6 Å². The van der Waals surface area contributed by atoms with Gasteiger partial charge in [-0.25, -0.2) is 0 Å². The van der Waals surface area contributed by atoms with Crippen molar-refractivity contribution in [2.24, 2.45) is 0 Å². The zero-order chi connectivity index (χ0) is 23.5. The minimum atomic E-state index is -0.900. The number of ether oxygens (including phenoxy) is 1. The van der Waals surface area contributed by atoms with E-state index in [1.165, 1.54) is 7.11 Å². The number of fused-ring (bicyclic) bond motifs is 1. The highest BCUT2D eigenvalue weighted by Gasteiger charge is 2.46. The Labute approximate surface area is 198 Å². The maximum Gasteiger partial charge on any atom is 0.254 e. The molecule has 2 fully saturated rings. The number of nitrogens with one attached hydrogen (secondary N) is 2. The molecule has 1 saturated carbocycles. The summed E-state index contributed by atoms with van der Waals surface area (Å²) in [6.45, 7) is 1.96. The molecule has 7 nitrogen and oxygen atoms in total. The van der Waals surface area contributed by atoms with Crippen molar-refractivity contribution < 1.29 is 19.1 Å². The lowest BCUT2D eigenvalue weighted by molar-refractivity contribution is -0.135. The first-order valence-corrected chi connectivity index (χ1v) is 11.6. The summed E-state index contributed by atoms with van der Waals surface area (Å²) in [5.41, 5.74) is 1.98. The molecule has 1 aliphatic heterocycles. The van der Waals surface area contributed by atoms with Crippen LogP contribution in [0.5, 0.6) is 5.75 Å². The summed E-state index contributed by atoms with van der Waals surface area (Å²) >= 11 is 6.07. The van der Waals surface area contributed by atoms with Crippen LogP contribution in [-0.4, -0.2) is 47.9 Å². The lowest BCUT2D eigenvalue weighted by Crippen LogP contribution is -2.68. The monoisotopic (exact) mass is 469 g/mol. The Morgan fingerprint density at radius 2 is 1.88 bits per heavy atom. The molecule has 3 amide bonds. The first-order chi connectivity index (χ1) is 15.9. The van der Waals surface area contributed by atoms with Crippen LogP contribution < -0.4 is 15.4 Å². The van der Waals surface area contributed by atoms with Gasteiger partial charge in [0.2, 0.25) is 11.8 Å². The largest absolute Gasteiger partial charge is 0.495 e. The van der Waals surface area contributed by atoms with E-state index in [4.69, 9.17) is 16.3 Å². The van der Waals surface area contributed by atoms with Crippen LogP contribution in [0.3, 0.4) is 0 Å². The normalized spacial score (nSPS) is 22.2. The summed E-state index contributed by atoms with van der Waals surface area (Å²) in [7, 11) is 1.50. The number of hydrogen-bond donors (Lipinski definition) is 2. The van der Waals surface area contributed by atoms with E-state index in [2.05, 4.69) is 10.6 Å². The van der Waals surface area contributed by atoms with Crippen molar-refractivity contribution in [1.29, 1.82) is 0 Å². The standard InChI is InChI=1S/C25H28ClN3O4/c1-15-7-9-16(10-8-15)25(32)29-20-6-4-3-5-18(20)28-24(31)21(29)14-23(30)27-19-13-17(26)11-12-22(19)33-2/h7-13,18,20-21H,3-6,14H2,1-2H3,(H,27,30)(H,28,31). The molecule has 174 valence electrons. The van der Waals surface area contributed by atoms with Gasteiger partial charge in [-0.1, -0.05) is 42.1 Å². The first-order valence-electron chi connectivity index (χ1n) is 11.2. The van der Waals surface area contributed by atoms with Crippen LogP contribution in [0, 0.1) is 6.92 Å². The summed E-state index contributed by atoms with van der Waals surface area (Å²) in [4.78, 5) is 41.3. The number of carbonyl (C=O) groups is 3. The van der Waals surface area contributed by atoms with Gasteiger partial charge in [-0.05, 0) is 50.1 Å². The van der Waals surface area contributed by atoms with Gasteiger partial charge in [-0.15, -0.1) is 0 Å². The second-order valence-electron chi connectivity index (χ2n) is 8.66. The molecule has 3 unspecified atom stereocenters. The van der Waals surface area contributed by atoms with E-state index >= 15 is 0 Å². The van der Waals surface area contributed by atoms with E-state index in [0.717, 1.165) is 31.2 Å². The van der Waals surface area contributed by atoms with E-state index in [9.17, 15) is 14.4 Å². The van der Waals surface area contributed by atoms with Crippen LogP contribution in [0.4, 0.5) is 5.69 Å². The molecule has 0 spiro atoms. The number of nitrogens with zero attached hydrogens (tertiary/aromatic N) is 1. The Kier molecular flexibility index (Phi) is 6.88. The molecule has 2 aromatic rings. The zero-order valence-corrected chi connectivity index (χ0v) is 19.5. The highest BCUT2D eigenvalue weighted by molar-refractivity contribution is 6.31. The maximum absolute atomic E-state index is 13.6. The topological polar surface area (TPSA) is 87.7 Å². The number of carbonyl (C=O) groups excluding carboxylic acids is 3. The average molecular weight is 470 g/mol. The number of rotatable bonds is 5. The number of methoxy groups -OCH3 is 1. The van der Waals surface area contributed by atoms with Gasteiger partial charge in [-0.2, -0.15) is 0 Å². The molecule has 33 heavy (non-hydrogen) atoms. The van der Waals surface area contributed by atoms with Gasteiger partial charge < -0.3 is 20.3 Å². The predicted molar refractivity (Wildman–Crippen MR) is 127 cm³/mol. The molecule has 2 aromatic carbocycles. The van der Waals surface area contributed by atoms with E-state index in [-0.39, 0.29) is 30.3 Å². The molecular weight excluding hydrogens is 442 g/mol. The van der Waals surface area contributed by atoms with E-state index in [1.807, 2.05) is 19.1 Å². The predicted octanol–water partition coefficient (Wildman–Crippen LogP) is 3.94. The highest BCUT2D eigenvalue weighted by Crippen LogP contribution is 2.32. The summed E-state index contributed by atoms with van der Waals surface area (Å²) in [6.07, 6.45) is 3.44. The molecule has 0 bridgehead atoms. The second-order valence-corrected chi connectivity index (χ2v) is 9.09. The lowest BCUT2D eigenvalue weighted by Gasteiger charge is -2.48. The van der Waals surface area contributed by atoms with Crippen LogP contribution in [0.25, 0.3) is 0 Å². The smallest absolute Gasteiger partial charge is 0.254 e. The summed E-state index contributed by atoms with van der Waals surface area (Å²) in [5.74, 6) is -0.459. The minimum absolute atomic E-state index is 0.0898. The first kappa shape index (κ1) is 23.1.